The summed E-state index contributed by atoms with van der Waals surface area (Å²) in [4.78, 5) is 33.0. The van der Waals surface area contributed by atoms with Crippen molar-refractivity contribution in [1.29, 1.82) is 0 Å². The Balaban J connectivity index is 1.64. The fraction of sp³-hybridized carbons (Fsp3) is 0.650. The molecule has 1 aromatic heterocycles. The lowest BCUT2D eigenvalue weighted by molar-refractivity contribution is -0.132. The normalized spacial score (nSPS) is 23.8. The van der Waals surface area contributed by atoms with Crippen LogP contribution in [0.3, 0.4) is 0 Å². The number of halogens is 1. The van der Waals surface area contributed by atoms with E-state index in [0.29, 0.717) is 31.1 Å². The van der Waals surface area contributed by atoms with Crippen molar-refractivity contribution in [3.63, 3.8) is 0 Å². The summed E-state index contributed by atoms with van der Waals surface area (Å²) in [6, 6.07) is 2.90. The van der Waals surface area contributed by atoms with E-state index >= 15 is 0 Å². The molecule has 1 atom stereocenters. The Labute approximate surface area is 154 Å². The molecule has 0 aromatic carbocycles. The molecule has 1 aromatic rings. The number of hydrogen-bond acceptors (Lipinski definition) is 3. The molecule has 5 nitrogen and oxygen atoms in total. The molecule has 0 radical (unpaired) electrons. The van der Waals surface area contributed by atoms with Crippen LogP contribution in [0, 0.1) is 11.7 Å². The van der Waals surface area contributed by atoms with Crippen molar-refractivity contribution in [3.05, 3.63) is 29.8 Å². The summed E-state index contributed by atoms with van der Waals surface area (Å²) >= 11 is 0. The van der Waals surface area contributed by atoms with Crippen LogP contribution in [0.4, 0.5) is 4.39 Å². The maximum absolute atomic E-state index is 13.0. The highest BCUT2D eigenvalue weighted by Crippen LogP contribution is 2.39. The van der Waals surface area contributed by atoms with Crippen LogP contribution in [0.15, 0.2) is 18.3 Å². The molecule has 2 saturated heterocycles. The second-order valence-corrected chi connectivity index (χ2v) is 8.00. The lowest BCUT2D eigenvalue weighted by atomic mass is 9.87. The number of rotatable bonds is 4. The number of hydrogen-bond donors (Lipinski definition) is 0. The van der Waals surface area contributed by atoms with E-state index in [0.717, 1.165) is 38.4 Å². The van der Waals surface area contributed by atoms with Crippen molar-refractivity contribution < 1.29 is 14.0 Å². The van der Waals surface area contributed by atoms with Crippen LogP contribution in [0.1, 0.15) is 51.6 Å². The Bertz CT molecular complexity index is 662. The third kappa shape index (κ3) is 4.05. The van der Waals surface area contributed by atoms with E-state index < -0.39 is 5.82 Å². The third-order valence-electron chi connectivity index (χ3n) is 5.62. The lowest BCUT2D eigenvalue weighted by Gasteiger charge is -2.39. The van der Waals surface area contributed by atoms with E-state index in [2.05, 4.69) is 23.7 Å². The summed E-state index contributed by atoms with van der Waals surface area (Å²) < 4.78 is 13.0. The van der Waals surface area contributed by atoms with Gasteiger partial charge in [0.2, 0.25) is 11.8 Å². The largest absolute Gasteiger partial charge is 0.342 e. The first-order chi connectivity index (χ1) is 12.4. The number of nitrogens with zero attached hydrogens (tertiary/aromatic N) is 3. The van der Waals surface area contributed by atoms with Gasteiger partial charge in [-0.15, -0.1) is 0 Å². The van der Waals surface area contributed by atoms with Gasteiger partial charge in [0.15, 0.2) is 0 Å². The van der Waals surface area contributed by atoms with E-state index in [1.165, 1.54) is 6.07 Å². The number of aromatic nitrogens is 1. The summed E-state index contributed by atoms with van der Waals surface area (Å²) in [7, 11) is 0. The third-order valence-corrected chi connectivity index (χ3v) is 5.62. The van der Waals surface area contributed by atoms with Gasteiger partial charge in [-0.3, -0.25) is 14.6 Å². The second kappa shape index (κ2) is 7.72. The average molecular weight is 361 g/mol. The monoisotopic (exact) mass is 361 g/mol. The Morgan fingerprint density at radius 1 is 1.27 bits per heavy atom. The molecule has 3 rings (SSSR count). The van der Waals surface area contributed by atoms with Crippen LogP contribution in [-0.4, -0.2) is 51.8 Å². The van der Waals surface area contributed by atoms with Gasteiger partial charge in [-0.05, 0) is 43.7 Å². The summed E-state index contributed by atoms with van der Waals surface area (Å²) in [5, 5.41) is 0. The van der Waals surface area contributed by atoms with Gasteiger partial charge in [0.25, 0.3) is 0 Å². The Hall–Kier alpha value is -1.98. The number of carbonyl (C=O) groups is 2. The number of carbonyl (C=O) groups excluding carboxylic acids is 2. The van der Waals surface area contributed by atoms with E-state index in [1.807, 2.05) is 4.90 Å². The molecule has 1 unspecified atom stereocenters. The molecular formula is C20H28FN3O2. The Morgan fingerprint density at radius 2 is 2.08 bits per heavy atom. The highest BCUT2D eigenvalue weighted by Gasteiger charge is 2.45. The SMILES string of the molecule is CC(C)CN1C(=O)CCC12CCCN(C(=O)Cc1ccc(F)cn1)CC2. The highest BCUT2D eigenvalue weighted by molar-refractivity contribution is 5.80. The van der Waals surface area contributed by atoms with Crippen LogP contribution >= 0.6 is 0 Å². The van der Waals surface area contributed by atoms with Gasteiger partial charge in [0, 0.05) is 37.3 Å². The zero-order chi connectivity index (χ0) is 18.7. The number of amides is 2. The minimum atomic E-state index is -0.394. The zero-order valence-electron chi connectivity index (χ0n) is 15.7. The minimum absolute atomic E-state index is 0.0286. The quantitative estimate of drug-likeness (QED) is 0.829. The molecule has 0 saturated carbocycles. The minimum Gasteiger partial charge on any atom is -0.342 e. The van der Waals surface area contributed by atoms with E-state index in [4.69, 9.17) is 0 Å². The number of likely N-dealkylation sites (tertiary alicyclic amines) is 2. The van der Waals surface area contributed by atoms with Crippen LogP contribution in [0.5, 0.6) is 0 Å². The Kier molecular flexibility index (Phi) is 5.58. The van der Waals surface area contributed by atoms with Crippen molar-refractivity contribution >= 4 is 11.8 Å². The first kappa shape index (κ1) is 18.8. The molecule has 26 heavy (non-hydrogen) atoms. The molecule has 3 heterocycles. The molecule has 0 aliphatic carbocycles. The predicted octanol–water partition coefficient (Wildman–Crippen LogP) is 2.79. The molecule has 1 spiro atoms. The maximum Gasteiger partial charge on any atom is 0.228 e. The van der Waals surface area contributed by atoms with Gasteiger partial charge in [-0.25, -0.2) is 4.39 Å². The molecule has 2 amide bonds. The van der Waals surface area contributed by atoms with Crippen LogP contribution in [-0.2, 0) is 16.0 Å². The number of pyridine rings is 1. The summed E-state index contributed by atoms with van der Waals surface area (Å²) in [5.74, 6) is 0.336. The smallest absolute Gasteiger partial charge is 0.228 e. The topological polar surface area (TPSA) is 53.5 Å². The molecule has 142 valence electrons. The first-order valence-electron chi connectivity index (χ1n) is 9.58. The lowest BCUT2D eigenvalue weighted by Crippen LogP contribution is -2.48. The maximum atomic E-state index is 13.0. The zero-order valence-corrected chi connectivity index (χ0v) is 15.7. The molecule has 2 aliphatic rings. The van der Waals surface area contributed by atoms with Crippen LogP contribution in [0.25, 0.3) is 0 Å². The van der Waals surface area contributed by atoms with Gasteiger partial charge >= 0.3 is 0 Å². The highest BCUT2D eigenvalue weighted by atomic mass is 19.1. The molecule has 6 heteroatoms. The Morgan fingerprint density at radius 3 is 2.77 bits per heavy atom. The summed E-state index contributed by atoms with van der Waals surface area (Å²) in [6.07, 6.45) is 5.58. The molecule has 0 bridgehead atoms. The van der Waals surface area contributed by atoms with Crippen LogP contribution < -0.4 is 0 Å². The standard InChI is InChI=1S/C20H28FN3O2/c1-15(2)14-24-18(25)6-8-20(24)7-3-10-23(11-9-20)19(26)12-17-5-4-16(21)13-22-17/h4-5,13,15H,3,6-12,14H2,1-2H3. The predicted molar refractivity (Wildman–Crippen MR) is 96.8 cm³/mol. The van der Waals surface area contributed by atoms with Crippen LogP contribution in [0.2, 0.25) is 0 Å². The molecule has 2 fully saturated rings. The van der Waals surface area contributed by atoms with Gasteiger partial charge < -0.3 is 9.80 Å². The van der Waals surface area contributed by atoms with Gasteiger partial charge in [0.05, 0.1) is 12.6 Å². The van der Waals surface area contributed by atoms with Crippen molar-refractivity contribution in [1.82, 2.24) is 14.8 Å². The fourth-order valence-electron chi connectivity index (χ4n) is 4.26. The van der Waals surface area contributed by atoms with E-state index in [-0.39, 0.29) is 23.8 Å². The van der Waals surface area contributed by atoms with Crippen molar-refractivity contribution in [2.45, 2.75) is 57.9 Å². The molecular weight excluding hydrogens is 333 g/mol. The van der Waals surface area contributed by atoms with Gasteiger partial charge in [0.1, 0.15) is 5.82 Å². The van der Waals surface area contributed by atoms with Crippen molar-refractivity contribution in [3.8, 4) is 0 Å². The van der Waals surface area contributed by atoms with Crippen molar-refractivity contribution in [2.75, 3.05) is 19.6 Å². The fourth-order valence-corrected chi connectivity index (χ4v) is 4.26. The second-order valence-electron chi connectivity index (χ2n) is 8.00. The summed E-state index contributed by atoms with van der Waals surface area (Å²) in [6.45, 7) is 6.46. The summed E-state index contributed by atoms with van der Waals surface area (Å²) in [5.41, 5.74) is 0.512. The van der Waals surface area contributed by atoms with Gasteiger partial charge in [-0.2, -0.15) is 0 Å². The van der Waals surface area contributed by atoms with Crippen molar-refractivity contribution in [2.24, 2.45) is 5.92 Å². The van der Waals surface area contributed by atoms with Gasteiger partial charge in [-0.1, -0.05) is 13.8 Å². The van der Waals surface area contributed by atoms with E-state index in [9.17, 15) is 14.0 Å². The molecule has 0 N–H and O–H groups in total. The van der Waals surface area contributed by atoms with E-state index in [1.54, 1.807) is 6.07 Å². The first-order valence-corrected chi connectivity index (χ1v) is 9.58. The molecule has 2 aliphatic heterocycles. The average Bonchev–Trinajstić information content (AvgIpc) is 2.78.